The van der Waals surface area contributed by atoms with E-state index in [1.54, 1.807) is 12.1 Å². The zero-order valence-corrected chi connectivity index (χ0v) is 12.2. The quantitative estimate of drug-likeness (QED) is 0.853. The number of hydrogen-bond acceptors (Lipinski definition) is 6. The molecular formula is C13H16N4O3S. The number of benzene rings is 1. The van der Waals surface area contributed by atoms with Crippen molar-refractivity contribution in [1.82, 2.24) is 14.9 Å². The number of nitrogens with one attached hydrogen (secondary N) is 2. The lowest BCUT2D eigenvalue weighted by Gasteiger charge is -2.18. The fraction of sp³-hybridized carbons (Fsp3) is 0.385. The molecule has 1 aliphatic rings. The van der Waals surface area contributed by atoms with E-state index in [9.17, 15) is 8.42 Å². The largest absolute Gasteiger partial charge is 0.385 e. The van der Waals surface area contributed by atoms with Gasteiger partial charge in [0.15, 0.2) is 5.82 Å². The minimum absolute atomic E-state index is 0.229. The van der Waals surface area contributed by atoms with Gasteiger partial charge in [-0.2, -0.15) is 4.98 Å². The molecule has 0 amide bonds. The van der Waals surface area contributed by atoms with Gasteiger partial charge in [-0.3, -0.25) is 0 Å². The zero-order chi connectivity index (χ0) is 14.7. The summed E-state index contributed by atoms with van der Waals surface area (Å²) in [4.78, 5) is 4.11. The number of aryl methyl sites for hydroxylation is 1. The van der Waals surface area contributed by atoms with E-state index in [1.165, 1.54) is 6.39 Å². The molecule has 0 atom stereocenters. The maximum atomic E-state index is 12.2. The highest BCUT2D eigenvalue weighted by Crippen LogP contribution is 2.24. The van der Waals surface area contributed by atoms with Gasteiger partial charge >= 0.3 is 0 Å². The molecule has 0 unspecified atom stereocenters. The average Bonchev–Trinajstić information content (AvgIpc) is 3.00. The van der Waals surface area contributed by atoms with Crippen molar-refractivity contribution < 1.29 is 12.9 Å². The molecule has 0 fully saturated rings. The summed E-state index contributed by atoms with van der Waals surface area (Å²) in [6.07, 6.45) is 3.66. The fourth-order valence-corrected chi connectivity index (χ4v) is 3.35. The summed E-state index contributed by atoms with van der Waals surface area (Å²) >= 11 is 0. The third kappa shape index (κ3) is 3.22. The molecule has 2 heterocycles. The molecule has 1 aliphatic heterocycles. The molecule has 8 heteroatoms. The predicted octanol–water partition coefficient (Wildman–Crippen LogP) is 0.949. The lowest BCUT2D eigenvalue weighted by molar-refractivity contribution is 0.410. The van der Waals surface area contributed by atoms with Crippen LogP contribution in [0.4, 0.5) is 5.69 Å². The zero-order valence-electron chi connectivity index (χ0n) is 11.4. The van der Waals surface area contributed by atoms with Crippen LogP contribution in [0.2, 0.25) is 0 Å². The van der Waals surface area contributed by atoms with E-state index in [0.717, 1.165) is 30.6 Å². The Morgan fingerprint density at radius 3 is 3.10 bits per heavy atom. The number of aromatic nitrogens is 2. The van der Waals surface area contributed by atoms with Crippen LogP contribution in [0, 0.1) is 0 Å². The molecule has 21 heavy (non-hydrogen) atoms. The molecule has 7 nitrogen and oxygen atoms in total. The minimum Gasteiger partial charge on any atom is -0.385 e. The molecule has 0 spiro atoms. The van der Waals surface area contributed by atoms with Crippen LogP contribution in [0.25, 0.3) is 0 Å². The summed E-state index contributed by atoms with van der Waals surface area (Å²) < 4.78 is 31.6. The summed E-state index contributed by atoms with van der Waals surface area (Å²) in [7, 11) is -3.52. The van der Waals surface area contributed by atoms with Crippen LogP contribution in [0.1, 0.15) is 17.8 Å². The van der Waals surface area contributed by atoms with Gasteiger partial charge in [0.2, 0.25) is 16.4 Å². The molecule has 0 saturated heterocycles. The number of hydrogen-bond donors (Lipinski definition) is 2. The summed E-state index contributed by atoms with van der Waals surface area (Å²) in [5.74, 6) is 0.477. The summed E-state index contributed by atoms with van der Waals surface area (Å²) in [6.45, 7) is 1.11. The van der Waals surface area contributed by atoms with E-state index >= 15 is 0 Å². The van der Waals surface area contributed by atoms with Crippen molar-refractivity contribution in [2.75, 3.05) is 18.4 Å². The first kappa shape index (κ1) is 14.0. The Morgan fingerprint density at radius 2 is 2.29 bits per heavy atom. The smallest absolute Gasteiger partial charge is 0.240 e. The molecule has 3 rings (SSSR count). The molecule has 1 aromatic heterocycles. The van der Waals surface area contributed by atoms with E-state index in [-0.39, 0.29) is 11.4 Å². The summed E-state index contributed by atoms with van der Waals surface area (Å²) in [6, 6.07) is 5.20. The van der Waals surface area contributed by atoms with Crippen molar-refractivity contribution in [3.8, 4) is 0 Å². The molecular weight excluding hydrogens is 292 g/mol. The fourth-order valence-electron chi connectivity index (χ4n) is 2.29. The summed E-state index contributed by atoms with van der Waals surface area (Å²) in [5.41, 5.74) is 2.06. The van der Waals surface area contributed by atoms with Crippen molar-refractivity contribution in [2.24, 2.45) is 0 Å². The van der Waals surface area contributed by atoms with E-state index in [2.05, 4.69) is 24.7 Å². The van der Waals surface area contributed by atoms with Gasteiger partial charge in [-0.1, -0.05) is 11.2 Å². The van der Waals surface area contributed by atoms with Crippen molar-refractivity contribution in [3.63, 3.8) is 0 Å². The molecule has 2 N–H and O–H groups in total. The van der Waals surface area contributed by atoms with E-state index < -0.39 is 10.0 Å². The first-order valence-electron chi connectivity index (χ1n) is 6.77. The van der Waals surface area contributed by atoms with Gasteiger partial charge in [-0.05, 0) is 30.5 Å². The highest BCUT2D eigenvalue weighted by molar-refractivity contribution is 7.89. The van der Waals surface area contributed by atoms with Gasteiger partial charge in [0.25, 0.3) is 0 Å². The number of rotatable bonds is 5. The second-order valence-electron chi connectivity index (χ2n) is 4.84. The monoisotopic (exact) mass is 308 g/mol. The van der Waals surface area contributed by atoms with Gasteiger partial charge in [0, 0.05) is 25.2 Å². The first-order chi connectivity index (χ1) is 10.1. The van der Waals surface area contributed by atoms with Crippen LogP contribution in [0.5, 0.6) is 0 Å². The van der Waals surface area contributed by atoms with Crippen LogP contribution in [0.3, 0.4) is 0 Å². The Kier molecular flexibility index (Phi) is 3.89. The Labute approximate surface area is 122 Å². The van der Waals surface area contributed by atoms with Gasteiger partial charge in [0.1, 0.15) is 0 Å². The molecule has 112 valence electrons. The lowest BCUT2D eigenvalue weighted by Crippen LogP contribution is -2.26. The molecule has 0 saturated carbocycles. The van der Waals surface area contributed by atoms with Crippen LogP contribution < -0.4 is 10.0 Å². The van der Waals surface area contributed by atoms with Gasteiger partial charge in [-0.25, -0.2) is 13.1 Å². The lowest BCUT2D eigenvalue weighted by atomic mass is 10.0. The van der Waals surface area contributed by atoms with Gasteiger partial charge in [-0.15, -0.1) is 0 Å². The normalized spacial score (nSPS) is 14.5. The first-order valence-corrected chi connectivity index (χ1v) is 8.25. The maximum absolute atomic E-state index is 12.2. The molecule has 1 aromatic carbocycles. The number of sulfonamides is 1. The van der Waals surface area contributed by atoms with E-state index in [4.69, 9.17) is 0 Å². The highest BCUT2D eigenvalue weighted by atomic mass is 32.2. The number of nitrogens with zero attached hydrogens (tertiary/aromatic N) is 2. The average molecular weight is 308 g/mol. The predicted molar refractivity (Wildman–Crippen MR) is 76.4 cm³/mol. The number of anilines is 1. The van der Waals surface area contributed by atoms with E-state index in [1.807, 2.05) is 6.07 Å². The van der Waals surface area contributed by atoms with Crippen LogP contribution >= 0.6 is 0 Å². The second kappa shape index (κ2) is 5.82. The van der Waals surface area contributed by atoms with Crippen molar-refractivity contribution in [2.45, 2.75) is 24.2 Å². The Balaban J connectivity index is 1.69. The topological polar surface area (TPSA) is 97.1 Å². The van der Waals surface area contributed by atoms with Crippen LogP contribution in [-0.4, -0.2) is 31.6 Å². The Morgan fingerprint density at radius 1 is 1.38 bits per heavy atom. The van der Waals surface area contributed by atoms with Gasteiger partial charge < -0.3 is 9.84 Å². The van der Waals surface area contributed by atoms with Crippen molar-refractivity contribution in [1.29, 1.82) is 0 Å². The third-order valence-electron chi connectivity index (χ3n) is 3.38. The number of fused-ring (bicyclic) bond motifs is 1. The molecule has 0 bridgehead atoms. The maximum Gasteiger partial charge on any atom is 0.240 e. The Bertz CT molecular complexity index is 713. The third-order valence-corrected chi connectivity index (χ3v) is 4.84. The molecule has 0 aliphatic carbocycles. The molecule has 2 aromatic rings. The van der Waals surface area contributed by atoms with Crippen LogP contribution in [-0.2, 0) is 22.9 Å². The second-order valence-corrected chi connectivity index (χ2v) is 6.61. The summed E-state index contributed by atoms with van der Waals surface area (Å²) in [5, 5.41) is 6.86. The van der Waals surface area contributed by atoms with E-state index in [0.29, 0.717) is 12.2 Å². The highest BCUT2D eigenvalue weighted by Gasteiger charge is 2.17. The van der Waals surface area contributed by atoms with Crippen molar-refractivity contribution >= 4 is 15.7 Å². The SMILES string of the molecule is O=S(=O)(NCCc1ncon1)c1ccc2c(c1)NCCC2. The standard InChI is InChI=1S/C13H16N4O3S/c18-21(19,16-7-5-13-15-9-20-17-13)11-4-3-10-2-1-6-14-12(10)8-11/h3-4,8-9,14,16H,1-2,5-7H2. The Hall–Kier alpha value is -1.93. The van der Waals surface area contributed by atoms with Crippen LogP contribution in [0.15, 0.2) is 34.0 Å². The minimum atomic E-state index is -3.52. The van der Waals surface area contributed by atoms with Gasteiger partial charge in [0.05, 0.1) is 4.90 Å². The molecule has 0 radical (unpaired) electrons. The van der Waals surface area contributed by atoms with Crippen molar-refractivity contribution in [3.05, 3.63) is 36.0 Å².